The average molecular weight is 274 g/mol. The predicted molar refractivity (Wildman–Crippen MR) is 69.1 cm³/mol. The summed E-state index contributed by atoms with van der Waals surface area (Å²) in [5.41, 5.74) is 0.336. The molecular formula is C13H10N2O5. The lowest BCUT2D eigenvalue weighted by atomic mass is 10.2. The van der Waals surface area contributed by atoms with Crippen LogP contribution in [0.1, 0.15) is 16.1 Å². The maximum absolute atomic E-state index is 11.1. The fourth-order valence-electron chi connectivity index (χ4n) is 1.57. The van der Waals surface area contributed by atoms with E-state index in [0.717, 1.165) is 0 Å². The third-order valence-electron chi connectivity index (χ3n) is 2.49. The number of ether oxygens (including phenoxy) is 1. The summed E-state index contributed by atoms with van der Waals surface area (Å²) in [6.07, 6.45) is 1.18. The molecule has 0 saturated heterocycles. The molecule has 0 saturated carbocycles. The van der Waals surface area contributed by atoms with Gasteiger partial charge in [-0.15, -0.1) is 0 Å². The number of carbonyl (C=O) groups is 1. The van der Waals surface area contributed by atoms with Gasteiger partial charge >= 0.3 is 5.97 Å². The topological polar surface area (TPSA) is 103 Å². The second-order valence-corrected chi connectivity index (χ2v) is 3.98. The quantitative estimate of drug-likeness (QED) is 0.679. The Labute approximate surface area is 113 Å². The molecular weight excluding hydrogens is 264 g/mol. The fourth-order valence-corrected chi connectivity index (χ4v) is 1.57. The van der Waals surface area contributed by atoms with Crippen molar-refractivity contribution >= 4 is 11.7 Å². The number of carboxylic acid groups (broad SMARTS) is 1. The van der Waals surface area contributed by atoms with Crippen molar-refractivity contribution in [1.82, 2.24) is 4.98 Å². The number of hydrogen-bond acceptors (Lipinski definition) is 5. The Morgan fingerprint density at radius 3 is 2.80 bits per heavy atom. The molecule has 102 valence electrons. The molecule has 1 heterocycles. The molecule has 2 aromatic rings. The number of nitro benzene ring substituents is 1. The van der Waals surface area contributed by atoms with E-state index in [-0.39, 0.29) is 22.7 Å². The summed E-state index contributed by atoms with van der Waals surface area (Å²) in [6, 6.07) is 6.97. The number of nitrogens with zero attached hydrogens (tertiary/aromatic N) is 2. The van der Waals surface area contributed by atoms with Crippen LogP contribution in [0.4, 0.5) is 5.69 Å². The minimum absolute atomic E-state index is 0.0884. The van der Waals surface area contributed by atoms with Crippen LogP contribution in [-0.4, -0.2) is 21.0 Å². The number of nitro groups is 1. The van der Waals surface area contributed by atoms with E-state index in [9.17, 15) is 14.9 Å². The Kier molecular flexibility index (Phi) is 3.60. The highest BCUT2D eigenvalue weighted by Gasteiger charge is 2.14. The average Bonchev–Trinajstić information content (AvgIpc) is 2.38. The first-order chi connectivity index (χ1) is 9.47. The molecule has 0 aliphatic heterocycles. The summed E-state index contributed by atoms with van der Waals surface area (Å²) in [4.78, 5) is 25.1. The van der Waals surface area contributed by atoms with E-state index < -0.39 is 10.9 Å². The number of carboxylic acids is 1. The molecule has 0 spiro atoms. The van der Waals surface area contributed by atoms with Crippen LogP contribution in [0.15, 0.2) is 36.5 Å². The largest absolute Gasteiger partial charge is 0.477 e. The predicted octanol–water partition coefficient (Wildman–Crippen LogP) is 2.79. The molecule has 0 atom stereocenters. The number of aromatic carboxylic acids is 1. The highest BCUT2D eigenvalue weighted by molar-refractivity contribution is 5.90. The third-order valence-corrected chi connectivity index (χ3v) is 2.49. The molecule has 7 heteroatoms. The second-order valence-electron chi connectivity index (χ2n) is 3.98. The molecule has 0 aliphatic carbocycles. The Balaban J connectivity index is 2.39. The van der Waals surface area contributed by atoms with Gasteiger partial charge in [0, 0.05) is 24.0 Å². The highest BCUT2D eigenvalue weighted by atomic mass is 16.6. The summed E-state index contributed by atoms with van der Waals surface area (Å²) in [7, 11) is 0. The molecule has 0 amide bonds. The van der Waals surface area contributed by atoms with Crippen molar-refractivity contribution in [3.8, 4) is 11.5 Å². The summed E-state index contributed by atoms with van der Waals surface area (Å²) < 4.78 is 5.42. The number of hydrogen-bond donors (Lipinski definition) is 1. The van der Waals surface area contributed by atoms with Gasteiger partial charge in [-0.25, -0.2) is 4.79 Å². The van der Waals surface area contributed by atoms with E-state index in [1.165, 1.54) is 36.5 Å². The molecule has 1 aromatic heterocycles. The van der Waals surface area contributed by atoms with Crippen molar-refractivity contribution in [2.75, 3.05) is 0 Å². The molecule has 0 bridgehead atoms. The summed E-state index contributed by atoms with van der Waals surface area (Å²) in [6.45, 7) is 1.69. The number of benzene rings is 1. The van der Waals surface area contributed by atoms with Crippen LogP contribution in [0.2, 0.25) is 0 Å². The van der Waals surface area contributed by atoms with E-state index in [1.54, 1.807) is 6.92 Å². The Bertz CT molecular complexity index is 684. The molecule has 0 aliphatic rings. The van der Waals surface area contributed by atoms with E-state index >= 15 is 0 Å². The van der Waals surface area contributed by atoms with Crippen molar-refractivity contribution in [3.63, 3.8) is 0 Å². The summed E-state index contributed by atoms with van der Waals surface area (Å²) in [5, 5.41) is 19.7. The van der Waals surface area contributed by atoms with Crippen LogP contribution in [0.5, 0.6) is 11.5 Å². The van der Waals surface area contributed by atoms with Crippen molar-refractivity contribution in [1.29, 1.82) is 0 Å². The van der Waals surface area contributed by atoms with Crippen LogP contribution < -0.4 is 4.74 Å². The smallest absolute Gasteiger partial charge is 0.341 e. The maximum atomic E-state index is 11.1. The number of aryl methyl sites for hydroxylation is 1. The van der Waals surface area contributed by atoms with Gasteiger partial charge in [0.15, 0.2) is 0 Å². The number of rotatable bonds is 4. The number of aromatic nitrogens is 1. The summed E-state index contributed by atoms with van der Waals surface area (Å²) >= 11 is 0. The summed E-state index contributed by atoms with van der Waals surface area (Å²) in [5.74, 6) is -0.907. The van der Waals surface area contributed by atoms with Gasteiger partial charge < -0.3 is 9.84 Å². The SMILES string of the molecule is Cc1cc(Oc2cccc([N+](=O)[O-])c2)c(C(=O)O)cn1. The molecule has 0 unspecified atom stereocenters. The molecule has 0 fully saturated rings. The van der Waals surface area contributed by atoms with Gasteiger partial charge in [-0.2, -0.15) is 0 Å². The zero-order valence-corrected chi connectivity index (χ0v) is 10.4. The molecule has 2 rings (SSSR count). The van der Waals surface area contributed by atoms with E-state index in [0.29, 0.717) is 5.69 Å². The monoisotopic (exact) mass is 274 g/mol. The lowest BCUT2D eigenvalue weighted by Crippen LogP contribution is -2.02. The standard InChI is InChI=1S/C13H10N2O5/c1-8-5-12(11(7-14-8)13(16)17)20-10-4-2-3-9(6-10)15(18)19/h2-7H,1H3,(H,16,17). The van der Waals surface area contributed by atoms with Crippen LogP contribution in [0.25, 0.3) is 0 Å². The van der Waals surface area contributed by atoms with Gasteiger partial charge in [0.1, 0.15) is 17.1 Å². The Morgan fingerprint density at radius 2 is 2.15 bits per heavy atom. The minimum Gasteiger partial charge on any atom is -0.477 e. The Hall–Kier alpha value is -2.96. The first-order valence-corrected chi connectivity index (χ1v) is 5.59. The minimum atomic E-state index is -1.18. The number of non-ortho nitro benzene ring substituents is 1. The van der Waals surface area contributed by atoms with Crippen molar-refractivity contribution in [2.45, 2.75) is 6.92 Å². The molecule has 1 N–H and O–H groups in total. The van der Waals surface area contributed by atoms with E-state index in [4.69, 9.17) is 9.84 Å². The first kappa shape index (κ1) is 13.5. The maximum Gasteiger partial charge on any atom is 0.341 e. The van der Waals surface area contributed by atoms with Gasteiger partial charge in [-0.3, -0.25) is 15.1 Å². The normalized spacial score (nSPS) is 10.1. The lowest BCUT2D eigenvalue weighted by Gasteiger charge is -2.08. The van der Waals surface area contributed by atoms with Crippen molar-refractivity contribution in [3.05, 3.63) is 57.9 Å². The zero-order valence-electron chi connectivity index (χ0n) is 10.4. The second kappa shape index (κ2) is 5.35. The van der Waals surface area contributed by atoms with E-state index in [2.05, 4.69) is 4.98 Å². The van der Waals surface area contributed by atoms with Crippen LogP contribution in [0.3, 0.4) is 0 Å². The van der Waals surface area contributed by atoms with Gasteiger partial charge in [-0.1, -0.05) is 6.07 Å². The molecule has 20 heavy (non-hydrogen) atoms. The van der Waals surface area contributed by atoms with Crippen molar-refractivity contribution in [2.24, 2.45) is 0 Å². The number of pyridine rings is 1. The van der Waals surface area contributed by atoms with Gasteiger partial charge in [0.05, 0.1) is 11.0 Å². The molecule has 0 radical (unpaired) electrons. The van der Waals surface area contributed by atoms with Crippen LogP contribution >= 0.6 is 0 Å². The lowest BCUT2D eigenvalue weighted by molar-refractivity contribution is -0.384. The van der Waals surface area contributed by atoms with Gasteiger partial charge in [-0.05, 0) is 13.0 Å². The van der Waals surface area contributed by atoms with Crippen molar-refractivity contribution < 1.29 is 19.6 Å². The fraction of sp³-hybridized carbons (Fsp3) is 0.0769. The van der Waals surface area contributed by atoms with Crippen LogP contribution in [0, 0.1) is 17.0 Å². The molecule has 7 nitrogen and oxygen atoms in total. The Morgan fingerprint density at radius 1 is 1.40 bits per heavy atom. The van der Waals surface area contributed by atoms with Crippen LogP contribution in [-0.2, 0) is 0 Å². The van der Waals surface area contributed by atoms with Gasteiger partial charge in [0.2, 0.25) is 0 Å². The molecule has 1 aromatic carbocycles. The highest BCUT2D eigenvalue weighted by Crippen LogP contribution is 2.28. The first-order valence-electron chi connectivity index (χ1n) is 5.59. The van der Waals surface area contributed by atoms with E-state index in [1.807, 2.05) is 0 Å². The third kappa shape index (κ3) is 2.89. The van der Waals surface area contributed by atoms with Gasteiger partial charge in [0.25, 0.3) is 5.69 Å². The zero-order chi connectivity index (χ0) is 14.7.